The molecule has 0 aliphatic carbocycles. The summed E-state index contributed by atoms with van der Waals surface area (Å²) in [6.07, 6.45) is 4.69. The van der Waals surface area contributed by atoms with E-state index in [-0.39, 0.29) is 17.3 Å². The number of hydrogen-bond acceptors (Lipinski definition) is 9. The Bertz CT molecular complexity index is 1270. The van der Waals surface area contributed by atoms with Gasteiger partial charge in [-0.25, -0.2) is 15.0 Å². The van der Waals surface area contributed by atoms with Gasteiger partial charge in [-0.3, -0.25) is 4.79 Å². The maximum atomic E-state index is 12.0. The molecule has 0 unspecified atom stereocenters. The van der Waals surface area contributed by atoms with Crippen LogP contribution in [0.2, 0.25) is 0 Å². The normalized spacial score (nSPS) is 10.4. The van der Waals surface area contributed by atoms with Crippen LogP contribution in [0.15, 0.2) is 67.1 Å². The Morgan fingerprint density at radius 3 is 2.45 bits per heavy atom. The number of nitrogens with two attached hydrogens (primary N) is 1. The minimum absolute atomic E-state index is 0.125. The van der Waals surface area contributed by atoms with Crippen LogP contribution in [0.25, 0.3) is 11.1 Å². The number of carbonyl (C=O) groups is 1. The van der Waals surface area contributed by atoms with Gasteiger partial charge < -0.3 is 25.8 Å². The van der Waals surface area contributed by atoms with Gasteiger partial charge in [0, 0.05) is 35.8 Å². The molecule has 166 valence electrons. The molecule has 0 atom stereocenters. The lowest BCUT2D eigenvalue weighted by atomic mass is 10.1. The van der Waals surface area contributed by atoms with Crippen LogP contribution in [-0.4, -0.2) is 40.1 Å². The van der Waals surface area contributed by atoms with Crippen molar-refractivity contribution in [2.45, 2.75) is 0 Å². The number of methoxy groups -OCH3 is 2. The average molecular weight is 443 g/mol. The molecule has 0 aliphatic rings. The van der Waals surface area contributed by atoms with Crippen LogP contribution in [0.3, 0.4) is 0 Å². The summed E-state index contributed by atoms with van der Waals surface area (Å²) >= 11 is 0. The summed E-state index contributed by atoms with van der Waals surface area (Å²) in [6, 6.07) is 14.6. The predicted octanol–water partition coefficient (Wildman–Crippen LogP) is 3.54. The van der Waals surface area contributed by atoms with Crippen LogP contribution in [0.5, 0.6) is 11.6 Å². The Morgan fingerprint density at radius 2 is 1.79 bits per heavy atom. The smallest absolute Gasteiger partial charge is 0.254 e. The highest BCUT2D eigenvalue weighted by atomic mass is 16.5. The quantitative estimate of drug-likeness (QED) is 0.373. The molecule has 4 N–H and O–H groups in total. The third-order valence-corrected chi connectivity index (χ3v) is 4.69. The SMILES string of the molecule is COc1ccc(-c2cccc(Nc3nc(Nc4ccccn4)ncc3C(N)=O)c2OC)cn1. The molecule has 0 bridgehead atoms. The number of nitrogens with zero attached hydrogens (tertiary/aromatic N) is 4. The van der Waals surface area contributed by atoms with Gasteiger partial charge in [0.25, 0.3) is 5.91 Å². The zero-order chi connectivity index (χ0) is 23.2. The molecule has 0 spiro atoms. The van der Waals surface area contributed by atoms with Gasteiger partial charge in [0.05, 0.1) is 19.9 Å². The van der Waals surface area contributed by atoms with Crippen LogP contribution in [0.4, 0.5) is 23.3 Å². The average Bonchev–Trinajstić information content (AvgIpc) is 2.84. The number of nitrogens with one attached hydrogen (secondary N) is 2. The lowest BCUT2D eigenvalue weighted by molar-refractivity contribution is 0.100. The number of hydrogen-bond donors (Lipinski definition) is 3. The predicted molar refractivity (Wildman–Crippen MR) is 124 cm³/mol. The summed E-state index contributed by atoms with van der Waals surface area (Å²) in [5, 5.41) is 6.15. The number of para-hydroxylation sites is 1. The first-order valence-electron chi connectivity index (χ1n) is 9.88. The van der Waals surface area contributed by atoms with Crippen molar-refractivity contribution >= 4 is 29.2 Å². The van der Waals surface area contributed by atoms with Crippen LogP contribution >= 0.6 is 0 Å². The van der Waals surface area contributed by atoms with E-state index in [9.17, 15) is 4.79 Å². The Labute approximate surface area is 189 Å². The number of ether oxygens (including phenoxy) is 2. The van der Waals surface area contributed by atoms with Crippen molar-refractivity contribution in [3.63, 3.8) is 0 Å². The Morgan fingerprint density at radius 1 is 0.909 bits per heavy atom. The minimum atomic E-state index is -0.670. The number of aromatic nitrogens is 4. The topological polar surface area (TPSA) is 137 Å². The Hall–Kier alpha value is -4.73. The zero-order valence-electron chi connectivity index (χ0n) is 17.9. The molecule has 1 amide bonds. The van der Waals surface area contributed by atoms with Crippen molar-refractivity contribution < 1.29 is 14.3 Å². The van der Waals surface area contributed by atoms with Gasteiger partial charge in [0.15, 0.2) is 0 Å². The van der Waals surface area contributed by atoms with E-state index in [1.165, 1.54) is 6.20 Å². The maximum absolute atomic E-state index is 12.0. The number of pyridine rings is 2. The largest absolute Gasteiger partial charge is 0.494 e. The van der Waals surface area contributed by atoms with Gasteiger partial charge in [-0.1, -0.05) is 18.2 Å². The Kier molecular flexibility index (Phi) is 6.26. The van der Waals surface area contributed by atoms with E-state index in [4.69, 9.17) is 15.2 Å². The van der Waals surface area contributed by atoms with Crippen LogP contribution in [0.1, 0.15) is 10.4 Å². The fourth-order valence-electron chi connectivity index (χ4n) is 3.14. The Balaban J connectivity index is 1.71. The molecular formula is C23H21N7O3. The highest BCUT2D eigenvalue weighted by Crippen LogP contribution is 2.38. The number of anilines is 4. The van der Waals surface area contributed by atoms with Gasteiger partial charge >= 0.3 is 0 Å². The van der Waals surface area contributed by atoms with Crippen LogP contribution < -0.4 is 25.8 Å². The standard InChI is InChI=1S/C23H21N7O3/c1-32-19-10-9-14(12-26-19)15-6-5-7-17(20(15)33-2)28-22-16(21(24)31)13-27-23(30-22)29-18-8-3-4-11-25-18/h3-13H,1-2H3,(H2,24,31)(H2,25,27,28,29,30). The number of primary amides is 1. The summed E-state index contributed by atoms with van der Waals surface area (Å²) < 4.78 is 10.8. The number of carbonyl (C=O) groups excluding carboxylic acids is 1. The lowest BCUT2D eigenvalue weighted by Crippen LogP contribution is -2.16. The molecule has 3 heterocycles. The summed E-state index contributed by atoms with van der Waals surface area (Å²) in [6.45, 7) is 0. The van der Waals surface area contributed by atoms with Crippen LogP contribution in [0, 0.1) is 0 Å². The molecule has 1 aromatic carbocycles. The third kappa shape index (κ3) is 4.79. The van der Waals surface area contributed by atoms with E-state index in [0.29, 0.717) is 23.1 Å². The van der Waals surface area contributed by atoms with E-state index < -0.39 is 5.91 Å². The van der Waals surface area contributed by atoms with Gasteiger partial charge in [-0.05, 0) is 24.3 Å². The summed E-state index contributed by atoms with van der Waals surface area (Å²) in [5.74, 6) is 1.40. The number of rotatable bonds is 8. The molecule has 0 aliphatic heterocycles. The molecule has 0 fully saturated rings. The second kappa shape index (κ2) is 9.60. The van der Waals surface area contributed by atoms with Crippen molar-refractivity contribution in [1.82, 2.24) is 19.9 Å². The van der Waals surface area contributed by atoms with Crippen molar-refractivity contribution in [2.75, 3.05) is 24.9 Å². The van der Waals surface area contributed by atoms with Crippen molar-refractivity contribution in [3.8, 4) is 22.8 Å². The molecule has 10 heteroatoms. The number of amides is 1. The fourth-order valence-corrected chi connectivity index (χ4v) is 3.14. The van der Waals surface area contributed by atoms with Gasteiger partial charge in [-0.2, -0.15) is 4.98 Å². The highest BCUT2D eigenvalue weighted by molar-refractivity contribution is 5.98. The molecule has 10 nitrogen and oxygen atoms in total. The molecule has 0 saturated carbocycles. The number of benzene rings is 1. The molecule has 4 rings (SSSR count). The van der Waals surface area contributed by atoms with Crippen molar-refractivity contribution in [3.05, 3.63) is 72.7 Å². The highest BCUT2D eigenvalue weighted by Gasteiger charge is 2.17. The monoisotopic (exact) mass is 443 g/mol. The van der Waals surface area contributed by atoms with E-state index in [0.717, 1.165) is 11.1 Å². The summed E-state index contributed by atoms with van der Waals surface area (Å²) in [4.78, 5) is 29.0. The summed E-state index contributed by atoms with van der Waals surface area (Å²) in [7, 11) is 3.12. The molecule has 3 aromatic heterocycles. The van der Waals surface area contributed by atoms with Gasteiger partial charge in [-0.15, -0.1) is 0 Å². The first kappa shape index (κ1) is 21.5. The first-order valence-corrected chi connectivity index (χ1v) is 9.88. The third-order valence-electron chi connectivity index (χ3n) is 4.69. The summed E-state index contributed by atoms with van der Waals surface area (Å²) in [5.41, 5.74) is 7.87. The van der Waals surface area contributed by atoms with E-state index in [1.54, 1.807) is 50.9 Å². The first-order chi connectivity index (χ1) is 16.1. The van der Waals surface area contributed by atoms with Crippen LogP contribution in [-0.2, 0) is 0 Å². The molecule has 0 saturated heterocycles. The fraction of sp³-hybridized carbons (Fsp3) is 0.0870. The van der Waals surface area contributed by atoms with Gasteiger partial charge in [0.2, 0.25) is 11.8 Å². The van der Waals surface area contributed by atoms with E-state index >= 15 is 0 Å². The lowest BCUT2D eigenvalue weighted by Gasteiger charge is -2.16. The van der Waals surface area contributed by atoms with E-state index in [2.05, 4.69) is 30.6 Å². The van der Waals surface area contributed by atoms with Crippen molar-refractivity contribution in [1.29, 1.82) is 0 Å². The van der Waals surface area contributed by atoms with Crippen molar-refractivity contribution in [2.24, 2.45) is 5.73 Å². The second-order valence-corrected chi connectivity index (χ2v) is 6.76. The van der Waals surface area contributed by atoms with Gasteiger partial charge in [0.1, 0.15) is 22.9 Å². The molecular weight excluding hydrogens is 422 g/mol. The molecule has 33 heavy (non-hydrogen) atoms. The molecule has 0 radical (unpaired) electrons. The maximum Gasteiger partial charge on any atom is 0.254 e. The minimum Gasteiger partial charge on any atom is -0.494 e. The second-order valence-electron chi connectivity index (χ2n) is 6.76. The molecule has 4 aromatic rings. The zero-order valence-corrected chi connectivity index (χ0v) is 17.9. The van der Waals surface area contributed by atoms with E-state index in [1.807, 2.05) is 24.3 Å².